The van der Waals surface area contributed by atoms with Gasteiger partial charge in [-0.25, -0.2) is 4.98 Å². The van der Waals surface area contributed by atoms with E-state index in [0.29, 0.717) is 16.5 Å². The molecular weight excluding hydrogens is 289 g/mol. The Morgan fingerprint density at radius 2 is 2.00 bits per heavy atom. The number of rotatable bonds is 4. The molecule has 1 unspecified atom stereocenters. The van der Waals surface area contributed by atoms with E-state index in [-0.39, 0.29) is 6.04 Å². The van der Waals surface area contributed by atoms with Gasteiger partial charge in [-0.15, -0.1) is 0 Å². The van der Waals surface area contributed by atoms with Crippen LogP contribution in [0.25, 0.3) is 0 Å². The molecule has 20 heavy (non-hydrogen) atoms. The van der Waals surface area contributed by atoms with Gasteiger partial charge >= 0.3 is 6.18 Å². The molecule has 1 aromatic heterocycles. The lowest BCUT2D eigenvalue weighted by Gasteiger charge is -2.34. The quantitative estimate of drug-likeness (QED) is 0.924. The maximum absolute atomic E-state index is 12.5. The number of likely N-dealkylation sites (N-methyl/N-ethyl adjacent to an activating group) is 1. The van der Waals surface area contributed by atoms with Crippen molar-refractivity contribution in [2.75, 3.05) is 45.1 Å². The molecule has 4 nitrogen and oxygen atoms in total. The molecule has 1 fully saturated rings. The first kappa shape index (κ1) is 15.5. The van der Waals surface area contributed by atoms with Crippen LogP contribution in [0.1, 0.15) is 11.8 Å². The SMILES string of the molecule is CC(CN1CCN(C)CC1)Nc1ncc(C(F)(F)F)s1. The summed E-state index contributed by atoms with van der Waals surface area (Å²) >= 11 is 0.657. The largest absolute Gasteiger partial charge is 0.427 e. The third-order valence-corrected chi connectivity index (χ3v) is 4.26. The summed E-state index contributed by atoms with van der Waals surface area (Å²) in [6, 6.07) is 0.0747. The van der Waals surface area contributed by atoms with Gasteiger partial charge in [-0.2, -0.15) is 13.2 Å². The summed E-state index contributed by atoms with van der Waals surface area (Å²) in [5.41, 5.74) is 0. The lowest BCUT2D eigenvalue weighted by molar-refractivity contribution is -0.134. The predicted octanol–water partition coefficient (Wildman–Crippen LogP) is 2.21. The Balaban J connectivity index is 1.82. The zero-order valence-electron chi connectivity index (χ0n) is 11.6. The van der Waals surface area contributed by atoms with E-state index in [9.17, 15) is 13.2 Å². The third-order valence-electron chi connectivity index (χ3n) is 3.28. The van der Waals surface area contributed by atoms with Gasteiger partial charge in [0.15, 0.2) is 5.13 Å². The Labute approximate surface area is 120 Å². The molecule has 0 radical (unpaired) electrons. The second-order valence-corrected chi connectivity index (χ2v) is 6.21. The molecule has 0 aliphatic carbocycles. The molecule has 0 saturated carbocycles. The zero-order valence-corrected chi connectivity index (χ0v) is 12.4. The first-order valence-corrected chi connectivity index (χ1v) is 7.36. The van der Waals surface area contributed by atoms with Crippen LogP contribution in [0.2, 0.25) is 0 Å². The molecule has 1 N–H and O–H groups in total. The van der Waals surface area contributed by atoms with Crippen LogP contribution in [0.15, 0.2) is 6.20 Å². The van der Waals surface area contributed by atoms with E-state index in [1.54, 1.807) is 0 Å². The van der Waals surface area contributed by atoms with E-state index in [1.807, 2.05) is 6.92 Å². The monoisotopic (exact) mass is 308 g/mol. The molecule has 0 bridgehead atoms. The first-order chi connectivity index (χ1) is 9.34. The third kappa shape index (κ3) is 4.32. The van der Waals surface area contributed by atoms with Crippen LogP contribution < -0.4 is 5.32 Å². The molecule has 1 atom stereocenters. The molecule has 114 valence electrons. The van der Waals surface area contributed by atoms with E-state index in [1.165, 1.54) is 0 Å². The van der Waals surface area contributed by atoms with Gasteiger partial charge in [0.05, 0.1) is 6.20 Å². The highest BCUT2D eigenvalue weighted by molar-refractivity contribution is 7.15. The van der Waals surface area contributed by atoms with Crippen LogP contribution in [0.4, 0.5) is 18.3 Å². The molecule has 2 heterocycles. The number of nitrogens with zero attached hydrogens (tertiary/aromatic N) is 3. The number of piperazine rings is 1. The number of thiazole rings is 1. The minimum Gasteiger partial charge on any atom is -0.358 e. The molecule has 8 heteroatoms. The molecule has 1 aliphatic rings. The van der Waals surface area contributed by atoms with E-state index in [0.717, 1.165) is 38.9 Å². The van der Waals surface area contributed by atoms with Gasteiger partial charge in [0.25, 0.3) is 0 Å². The topological polar surface area (TPSA) is 31.4 Å². The Bertz CT molecular complexity index is 427. The number of hydrogen-bond donors (Lipinski definition) is 1. The summed E-state index contributed by atoms with van der Waals surface area (Å²) in [6.07, 6.45) is -3.42. The average Bonchev–Trinajstić information content (AvgIpc) is 2.80. The van der Waals surface area contributed by atoms with E-state index < -0.39 is 11.1 Å². The predicted molar refractivity (Wildman–Crippen MR) is 74.1 cm³/mol. The molecule has 0 amide bonds. The fourth-order valence-electron chi connectivity index (χ4n) is 2.15. The Kier molecular flexibility index (Phi) is 4.87. The maximum atomic E-state index is 12.5. The molecule has 1 saturated heterocycles. The van der Waals surface area contributed by atoms with Gasteiger partial charge in [0.1, 0.15) is 4.88 Å². The van der Waals surface area contributed by atoms with Crippen LogP contribution in [0.5, 0.6) is 0 Å². The highest BCUT2D eigenvalue weighted by Crippen LogP contribution is 2.35. The molecular formula is C12H19F3N4S. The number of halogens is 3. The number of alkyl halides is 3. The van der Waals surface area contributed by atoms with Gasteiger partial charge in [-0.3, -0.25) is 4.90 Å². The summed E-state index contributed by atoms with van der Waals surface area (Å²) in [7, 11) is 2.09. The molecule has 2 rings (SSSR count). The average molecular weight is 308 g/mol. The van der Waals surface area contributed by atoms with Crippen molar-refractivity contribution in [2.24, 2.45) is 0 Å². The van der Waals surface area contributed by atoms with Crippen LogP contribution in [-0.2, 0) is 6.18 Å². The summed E-state index contributed by atoms with van der Waals surface area (Å²) < 4.78 is 37.4. The van der Waals surface area contributed by atoms with Crippen LogP contribution in [0, 0.1) is 0 Å². The number of nitrogens with one attached hydrogen (secondary N) is 1. The fraction of sp³-hybridized carbons (Fsp3) is 0.750. The lowest BCUT2D eigenvalue weighted by atomic mass is 10.2. The first-order valence-electron chi connectivity index (χ1n) is 6.55. The van der Waals surface area contributed by atoms with Crippen molar-refractivity contribution in [3.63, 3.8) is 0 Å². The van der Waals surface area contributed by atoms with E-state index >= 15 is 0 Å². The fourth-order valence-corrected chi connectivity index (χ4v) is 2.94. The molecule has 1 aliphatic heterocycles. The minimum absolute atomic E-state index is 0.0747. The van der Waals surface area contributed by atoms with Crippen molar-refractivity contribution in [1.82, 2.24) is 14.8 Å². The van der Waals surface area contributed by atoms with Gasteiger partial charge in [-0.05, 0) is 14.0 Å². The Morgan fingerprint density at radius 1 is 1.35 bits per heavy atom. The van der Waals surface area contributed by atoms with Crippen LogP contribution >= 0.6 is 11.3 Å². The minimum atomic E-state index is -4.31. The number of anilines is 1. The van der Waals surface area contributed by atoms with Crippen molar-refractivity contribution in [3.05, 3.63) is 11.1 Å². The lowest BCUT2D eigenvalue weighted by Crippen LogP contribution is -2.47. The molecule has 1 aromatic rings. The summed E-state index contributed by atoms with van der Waals surface area (Å²) in [4.78, 5) is 7.71. The highest BCUT2D eigenvalue weighted by Gasteiger charge is 2.33. The van der Waals surface area contributed by atoms with Crippen LogP contribution in [0.3, 0.4) is 0 Å². The van der Waals surface area contributed by atoms with E-state index in [4.69, 9.17) is 0 Å². The van der Waals surface area contributed by atoms with Crippen molar-refractivity contribution >= 4 is 16.5 Å². The highest BCUT2D eigenvalue weighted by atomic mass is 32.1. The zero-order chi connectivity index (χ0) is 14.8. The van der Waals surface area contributed by atoms with Crippen molar-refractivity contribution in [2.45, 2.75) is 19.1 Å². The van der Waals surface area contributed by atoms with Crippen LogP contribution in [-0.4, -0.2) is 60.6 Å². The second-order valence-electron chi connectivity index (χ2n) is 5.18. The maximum Gasteiger partial charge on any atom is 0.427 e. The van der Waals surface area contributed by atoms with Crippen molar-refractivity contribution in [3.8, 4) is 0 Å². The van der Waals surface area contributed by atoms with Gasteiger partial charge < -0.3 is 10.2 Å². The van der Waals surface area contributed by atoms with E-state index in [2.05, 4.69) is 27.1 Å². The van der Waals surface area contributed by atoms with Gasteiger partial charge in [0.2, 0.25) is 0 Å². The smallest absolute Gasteiger partial charge is 0.358 e. The Hall–Kier alpha value is -0.860. The second kappa shape index (κ2) is 6.28. The molecule has 0 spiro atoms. The van der Waals surface area contributed by atoms with Crippen molar-refractivity contribution < 1.29 is 13.2 Å². The van der Waals surface area contributed by atoms with Crippen molar-refractivity contribution in [1.29, 1.82) is 0 Å². The molecule has 0 aromatic carbocycles. The summed E-state index contributed by atoms with van der Waals surface area (Å²) in [5.74, 6) is 0. The normalized spacial score (nSPS) is 20.1. The number of hydrogen-bond acceptors (Lipinski definition) is 5. The summed E-state index contributed by atoms with van der Waals surface area (Å²) in [6.45, 7) is 6.83. The Morgan fingerprint density at radius 3 is 2.55 bits per heavy atom. The number of aromatic nitrogens is 1. The van der Waals surface area contributed by atoms with Gasteiger partial charge in [0, 0.05) is 38.8 Å². The summed E-state index contributed by atoms with van der Waals surface area (Å²) in [5, 5.41) is 3.38. The standard InChI is InChI=1S/C12H19F3N4S/c1-9(8-19-5-3-18(2)4-6-19)17-11-16-7-10(20-11)12(13,14)15/h7,9H,3-6,8H2,1-2H3,(H,16,17). The van der Waals surface area contributed by atoms with Gasteiger partial charge in [-0.1, -0.05) is 11.3 Å².